The molecule has 3 nitrogen and oxygen atoms in total. The van der Waals surface area contributed by atoms with E-state index in [-0.39, 0.29) is 12.1 Å². The molecule has 0 aromatic heterocycles. The maximum atomic E-state index is 9.79. The minimum absolute atomic E-state index is 0.187. The monoisotopic (exact) mass is 285 g/mol. The van der Waals surface area contributed by atoms with Crippen molar-refractivity contribution in [1.82, 2.24) is 5.32 Å². The first-order chi connectivity index (χ1) is 9.64. The molecule has 0 amide bonds. The van der Waals surface area contributed by atoms with Gasteiger partial charge in [-0.3, -0.25) is 0 Å². The third-order valence-corrected chi connectivity index (χ3v) is 4.22. The Bertz CT molecular complexity index is 241. The molecule has 2 N–H and O–H groups in total. The van der Waals surface area contributed by atoms with Gasteiger partial charge in [0.1, 0.15) is 0 Å². The van der Waals surface area contributed by atoms with Crippen molar-refractivity contribution in [3.8, 4) is 0 Å². The Labute approximate surface area is 125 Å². The Morgan fingerprint density at radius 2 is 1.80 bits per heavy atom. The van der Waals surface area contributed by atoms with E-state index >= 15 is 0 Å². The number of nitrogens with one attached hydrogen (secondary N) is 1. The van der Waals surface area contributed by atoms with Crippen LogP contribution in [0.5, 0.6) is 0 Å². The molecule has 1 unspecified atom stereocenters. The Morgan fingerprint density at radius 3 is 2.35 bits per heavy atom. The van der Waals surface area contributed by atoms with E-state index in [2.05, 4.69) is 26.1 Å². The van der Waals surface area contributed by atoms with Gasteiger partial charge < -0.3 is 15.2 Å². The molecular weight excluding hydrogens is 250 g/mol. The van der Waals surface area contributed by atoms with E-state index in [9.17, 15) is 5.11 Å². The fourth-order valence-electron chi connectivity index (χ4n) is 2.95. The van der Waals surface area contributed by atoms with Crippen molar-refractivity contribution >= 4 is 0 Å². The zero-order valence-electron chi connectivity index (χ0n) is 13.8. The molecule has 1 aliphatic carbocycles. The van der Waals surface area contributed by atoms with Crippen LogP contribution in [0.25, 0.3) is 0 Å². The highest BCUT2D eigenvalue weighted by molar-refractivity contribution is 5.01. The van der Waals surface area contributed by atoms with Gasteiger partial charge in [0.25, 0.3) is 0 Å². The van der Waals surface area contributed by atoms with E-state index in [1.807, 2.05) is 0 Å². The first-order valence-electron chi connectivity index (χ1n) is 8.61. The summed E-state index contributed by atoms with van der Waals surface area (Å²) in [5.41, 5.74) is -0.198. The van der Waals surface area contributed by atoms with Gasteiger partial charge in [0.05, 0.1) is 18.8 Å². The van der Waals surface area contributed by atoms with Crippen molar-refractivity contribution in [3.63, 3.8) is 0 Å². The third-order valence-electron chi connectivity index (χ3n) is 4.22. The van der Waals surface area contributed by atoms with Crippen LogP contribution in [0.3, 0.4) is 0 Å². The normalized spacial score (nSPS) is 18.4. The van der Waals surface area contributed by atoms with Gasteiger partial charge in [-0.1, -0.05) is 52.9 Å². The first kappa shape index (κ1) is 17.9. The molecule has 120 valence electrons. The van der Waals surface area contributed by atoms with Crippen LogP contribution in [0, 0.1) is 5.92 Å². The molecule has 1 rings (SSSR count). The van der Waals surface area contributed by atoms with Crippen molar-refractivity contribution in [3.05, 3.63) is 0 Å². The fourth-order valence-corrected chi connectivity index (χ4v) is 2.95. The minimum atomic E-state index is -0.198. The van der Waals surface area contributed by atoms with Gasteiger partial charge in [-0.05, 0) is 25.2 Å². The lowest BCUT2D eigenvalue weighted by atomic mass is 9.94. The molecule has 1 fully saturated rings. The Hall–Kier alpha value is -0.120. The predicted molar refractivity (Wildman–Crippen MR) is 85.0 cm³/mol. The average Bonchev–Trinajstić information content (AvgIpc) is 3.24. The van der Waals surface area contributed by atoms with Crippen LogP contribution >= 0.6 is 0 Å². The number of rotatable bonds is 13. The zero-order chi connectivity index (χ0) is 14.8. The maximum Gasteiger partial charge on any atom is 0.0681 e. The zero-order valence-corrected chi connectivity index (χ0v) is 13.8. The Morgan fingerprint density at radius 1 is 1.15 bits per heavy atom. The largest absolute Gasteiger partial charge is 0.394 e. The van der Waals surface area contributed by atoms with Crippen LogP contribution in [0.4, 0.5) is 0 Å². The maximum absolute atomic E-state index is 9.79. The van der Waals surface area contributed by atoms with E-state index < -0.39 is 0 Å². The summed E-state index contributed by atoms with van der Waals surface area (Å²) in [7, 11) is 0. The number of aliphatic hydroxyl groups excluding tert-OH is 1. The number of aliphatic hydroxyl groups is 1. The molecule has 0 heterocycles. The molecule has 0 radical (unpaired) electrons. The molecule has 0 aromatic rings. The van der Waals surface area contributed by atoms with E-state index in [0.717, 1.165) is 13.0 Å². The summed E-state index contributed by atoms with van der Waals surface area (Å²) in [5.74, 6) is 0.597. The van der Waals surface area contributed by atoms with Crippen LogP contribution in [-0.4, -0.2) is 36.5 Å². The van der Waals surface area contributed by atoms with Crippen LogP contribution in [-0.2, 0) is 4.74 Å². The molecule has 1 atom stereocenters. The van der Waals surface area contributed by atoms with Crippen molar-refractivity contribution in [2.75, 3.05) is 19.8 Å². The Kier molecular flexibility index (Phi) is 8.74. The van der Waals surface area contributed by atoms with Gasteiger partial charge in [-0.15, -0.1) is 0 Å². The Balaban J connectivity index is 2.15. The molecule has 0 aliphatic heterocycles. The molecule has 0 saturated heterocycles. The quantitative estimate of drug-likeness (QED) is 0.509. The highest BCUT2D eigenvalue weighted by Crippen LogP contribution is 2.40. The van der Waals surface area contributed by atoms with Crippen LogP contribution in [0.2, 0.25) is 0 Å². The summed E-state index contributed by atoms with van der Waals surface area (Å²) in [5, 5.41) is 13.3. The van der Waals surface area contributed by atoms with E-state index in [0.29, 0.717) is 18.6 Å². The molecule has 3 heteroatoms. The molecule has 20 heavy (non-hydrogen) atoms. The molecular formula is C17H35NO2. The number of ether oxygens (including phenoxy) is 1. The van der Waals surface area contributed by atoms with E-state index in [1.54, 1.807) is 0 Å². The summed E-state index contributed by atoms with van der Waals surface area (Å²) in [6.07, 6.45) is 10.2. The molecule has 0 aromatic carbocycles. The van der Waals surface area contributed by atoms with Gasteiger partial charge >= 0.3 is 0 Å². The van der Waals surface area contributed by atoms with Crippen molar-refractivity contribution in [1.29, 1.82) is 0 Å². The lowest BCUT2D eigenvalue weighted by molar-refractivity contribution is 0.0179. The highest BCUT2D eigenvalue weighted by atomic mass is 16.5. The van der Waals surface area contributed by atoms with E-state index in [1.165, 1.54) is 44.9 Å². The van der Waals surface area contributed by atoms with Gasteiger partial charge in [0.2, 0.25) is 0 Å². The van der Waals surface area contributed by atoms with Gasteiger partial charge in [0.15, 0.2) is 0 Å². The van der Waals surface area contributed by atoms with E-state index in [4.69, 9.17) is 4.74 Å². The van der Waals surface area contributed by atoms with Gasteiger partial charge in [-0.2, -0.15) is 0 Å². The highest BCUT2D eigenvalue weighted by Gasteiger charge is 2.45. The first-order valence-corrected chi connectivity index (χ1v) is 8.61. The molecule has 1 aliphatic rings. The number of hydrogen-bond donors (Lipinski definition) is 2. The van der Waals surface area contributed by atoms with Crippen LogP contribution < -0.4 is 5.32 Å². The fraction of sp³-hybridized carbons (Fsp3) is 1.00. The lowest BCUT2D eigenvalue weighted by Crippen LogP contribution is -2.56. The van der Waals surface area contributed by atoms with Gasteiger partial charge in [0, 0.05) is 12.6 Å². The SMILES string of the molecule is CCCCCCCCOCC(CO)(NC(C)C)C1CC1. The summed E-state index contributed by atoms with van der Waals surface area (Å²) >= 11 is 0. The standard InChI is InChI=1S/C17H35NO2/c1-4-5-6-7-8-9-12-20-14-17(13-19,16-10-11-16)18-15(2)3/h15-16,18-19H,4-14H2,1-3H3. The second-order valence-corrected chi connectivity index (χ2v) is 6.71. The second kappa shape index (κ2) is 9.75. The van der Waals surface area contributed by atoms with Gasteiger partial charge in [-0.25, -0.2) is 0 Å². The average molecular weight is 285 g/mol. The molecule has 0 spiro atoms. The number of unbranched alkanes of at least 4 members (excludes halogenated alkanes) is 5. The minimum Gasteiger partial charge on any atom is -0.394 e. The van der Waals surface area contributed by atoms with Crippen molar-refractivity contribution in [2.24, 2.45) is 5.92 Å². The predicted octanol–water partition coefficient (Wildman–Crippen LogP) is 3.50. The lowest BCUT2D eigenvalue weighted by Gasteiger charge is -2.35. The molecule has 0 bridgehead atoms. The van der Waals surface area contributed by atoms with Crippen LogP contribution in [0.1, 0.15) is 72.1 Å². The smallest absolute Gasteiger partial charge is 0.0681 e. The summed E-state index contributed by atoms with van der Waals surface area (Å²) in [6, 6.07) is 0.389. The molecule has 1 saturated carbocycles. The van der Waals surface area contributed by atoms with Crippen molar-refractivity contribution < 1.29 is 9.84 Å². The van der Waals surface area contributed by atoms with Crippen molar-refractivity contribution in [2.45, 2.75) is 83.7 Å². The summed E-state index contributed by atoms with van der Waals surface area (Å²) < 4.78 is 5.88. The number of hydrogen-bond acceptors (Lipinski definition) is 3. The third kappa shape index (κ3) is 6.55. The topological polar surface area (TPSA) is 41.5 Å². The van der Waals surface area contributed by atoms with Crippen LogP contribution in [0.15, 0.2) is 0 Å². The summed E-state index contributed by atoms with van der Waals surface area (Å²) in [6.45, 7) is 8.20. The summed E-state index contributed by atoms with van der Waals surface area (Å²) in [4.78, 5) is 0. The second-order valence-electron chi connectivity index (χ2n) is 6.71.